The molecule has 0 spiro atoms. The molecule has 7 nitrogen and oxygen atoms in total. The van der Waals surface area contributed by atoms with Crippen LogP contribution in [0.2, 0.25) is 5.02 Å². The topological polar surface area (TPSA) is 86.8 Å². The number of likely N-dealkylation sites (N-methyl/N-ethyl adjacent to an activating group) is 1. The van der Waals surface area contributed by atoms with Gasteiger partial charge in [-0.3, -0.25) is 13.9 Å². The average molecular weight is 647 g/mol. The quantitative estimate of drug-likeness (QED) is 0.334. The fourth-order valence-corrected chi connectivity index (χ4v) is 5.63. The maximum atomic E-state index is 13.7. The van der Waals surface area contributed by atoms with Crippen molar-refractivity contribution in [3.63, 3.8) is 0 Å². The maximum absolute atomic E-state index is 13.7. The summed E-state index contributed by atoms with van der Waals surface area (Å²) in [5.74, 6) is -1.32. The molecule has 39 heavy (non-hydrogen) atoms. The summed E-state index contributed by atoms with van der Waals surface area (Å²) >= 11 is 9.08. The first kappa shape index (κ1) is 30.5. The summed E-state index contributed by atoms with van der Waals surface area (Å²) in [4.78, 5) is 27.1. The molecule has 13 heteroatoms. The van der Waals surface area contributed by atoms with Gasteiger partial charge in [-0.25, -0.2) is 8.42 Å². The summed E-state index contributed by atoms with van der Waals surface area (Å²) in [5.41, 5.74) is -1.03. The van der Waals surface area contributed by atoms with Crippen LogP contribution in [-0.4, -0.2) is 44.8 Å². The number of benzene rings is 3. The molecule has 2 amide bonds. The number of nitrogens with zero attached hydrogens (tertiary/aromatic N) is 2. The van der Waals surface area contributed by atoms with E-state index in [1.54, 1.807) is 30.3 Å². The highest BCUT2D eigenvalue weighted by atomic mass is 79.9. The van der Waals surface area contributed by atoms with Crippen LogP contribution in [-0.2, 0) is 32.3 Å². The zero-order chi connectivity index (χ0) is 29.0. The monoisotopic (exact) mass is 645 g/mol. The van der Waals surface area contributed by atoms with E-state index in [2.05, 4.69) is 21.2 Å². The number of nitrogens with one attached hydrogen (secondary N) is 1. The SMILES string of the molecule is CNC(=O)[C@@H](C)N(Cc1ccc(Br)cc1)C(=O)CN(c1ccc(Cl)c(C(F)(F)F)c1)S(=O)(=O)c1ccccc1. The highest BCUT2D eigenvalue weighted by Crippen LogP contribution is 2.38. The van der Waals surface area contributed by atoms with E-state index in [9.17, 15) is 31.2 Å². The largest absolute Gasteiger partial charge is 0.417 e. The third kappa shape index (κ3) is 7.31. The molecule has 0 aliphatic heterocycles. The Morgan fingerprint density at radius 1 is 1.03 bits per heavy atom. The van der Waals surface area contributed by atoms with Crippen molar-refractivity contribution >= 4 is 55.1 Å². The van der Waals surface area contributed by atoms with Crippen molar-refractivity contribution in [2.75, 3.05) is 17.9 Å². The summed E-state index contributed by atoms with van der Waals surface area (Å²) in [6.07, 6.45) is -4.87. The Labute approximate surface area is 237 Å². The third-order valence-electron chi connectivity index (χ3n) is 5.83. The molecular weight excluding hydrogens is 623 g/mol. The first-order valence-corrected chi connectivity index (χ1v) is 14.1. The zero-order valence-corrected chi connectivity index (χ0v) is 23.9. The van der Waals surface area contributed by atoms with E-state index in [0.717, 1.165) is 21.5 Å². The van der Waals surface area contributed by atoms with Crippen LogP contribution in [0.1, 0.15) is 18.1 Å². The van der Waals surface area contributed by atoms with Crippen molar-refractivity contribution in [3.8, 4) is 0 Å². The molecule has 0 saturated heterocycles. The predicted octanol–water partition coefficient (Wildman–Crippen LogP) is 5.48. The van der Waals surface area contributed by atoms with Crippen LogP contribution >= 0.6 is 27.5 Å². The summed E-state index contributed by atoms with van der Waals surface area (Å²) in [6.45, 7) is 0.526. The van der Waals surface area contributed by atoms with Gasteiger partial charge in [0.2, 0.25) is 11.8 Å². The van der Waals surface area contributed by atoms with E-state index >= 15 is 0 Å². The molecule has 0 heterocycles. The molecule has 1 atom stereocenters. The Balaban J connectivity index is 2.10. The Morgan fingerprint density at radius 3 is 2.21 bits per heavy atom. The smallest absolute Gasteiger partial charge is 0.357 e. The van der Waals surface area contributed by atoms with Crippen molar-refractivity contribution in [2.45, 2.75) is 30.6 Å². The number of amides is 2. The summed E-state index contributed by atoms with van der Waals surface area (Å²) < 4.78 is 69.6. The number of sulfonamides is 1. The van der Waals surface area contributed by atoms with Crippen LogP contribution in [0.4, 0.5) is 18.9 Å². The average Bonchev–Trinajstić information content (AvgIpc) is 2.90. The fraction of sp³-hybridized carbons (Fsp3) is 0.231. The van der Waals surface area contributed by atoms with E-state index in [1.165, 1.54) is 38.2 Å². The number of rotatable bonds is 9. The lowest BCUT2D eigenvalue weighted by Crippen LogP contribution is -2.50. The minimum absolute atomic E-state index is 0.0612. The standard InChI is InChI=1S/C26H24BrClF3N3O4S/c1-17(25(36)32-2)33(15-18-8-10-19(27)11-9-18)24(35)16-34(39(37,38)21-6-4-3-5-7-21)20-12-13-23(28)22(14-20)26(29,30)31/h3-14,17H,15-16H2,1-2H3,(H,32,36)/t17-/m1/s1. The number of anilines is 1. The third-order valence-corrected chi connectivity index (χ3v) is 8.48. The zero-order valence-electron chi connectivity index (χ0n) is 20.7. The van der Waals surface area contributed by atoms with Crippen molar-refractivity contribution in [1.82, 2.24) is 10.2 Å². The number of carbonyl (C=O) groups is 2. The molecule has 0 saturated carbocycles. The summed E-state index contributed by atoms with van der Waals surface area (Å²) in [6, 6.07) is 15.5. The lowest BCUT2D eigenvalue weighted by Gasteiger charge is -2.32. The van der Waals surface area contributed by atoms with Crippen LogP contribution in [0.5, 0.6) is 0 Å². The molecule has 208 valence electrons. The number of carbonyl (C=O) groups excluding carboxylic acids is 2. The predicted molar refractivity (Wildman–Crippen MR) is 146 cm³/mol. The number of hydrogen-bond donors (Lipinski definition) is 1. The molecule has 0 fully saturated rings. The second-order valence-corrected chi connectivity index (χ2v) is 11.6. The first-order chi connectivity index (χ1) is 18.3. The molecule has 0 aliphatic rings. The number of halogens is 5. The normalized spacial score (nSPS) is 12.5. The fourth-order valence-electron chi connectivity index (χ4n) is 3.71. The molecule has 0 radical (unpaired) electrons. The van der Waals surface area contributed by atoms with Gasteiger partial charge in [-0.05, 0) is 55.0 Å². The lowest BCUT2D eigenvalue weighted by atomic mass is 10.1. The molecule has 0 aromatic heterocycles. The van der Waals surface area contributed by atoms with Crippen LogP contribution < -0.4 is 9.62 Å². The van der Waals surface area contributed by atoms with Gasteiger partial charge in [0.15, 0.2) is 0 Å². The van der Waals surface area contributed by atoms with Gasteiger partial charge in [-0.1, -0.05) is 57.9 Å². The van der Waals surface area contributed by atoms with Gasteiger partial charge in [0.05, 0.1) is 21.2 Å². The molecule has 1 N–H and O–H groups in total. The van der Waals surface area contributed by atoms with Gasteiger partial charge in [0, 0.05) is 18.1 Å². The van der Waals surface area contributed by atoms with Crippen molar-refractivity contribution in [2.24, 2.45) is 0 Å². The maximum Gasteiger partial charge on any atom is 0.417 e. The molecule has 0 bridgehead atoms. The Hall–Kier alpha value is -3.09. The second-order valence-electron chi connectivity index (χ2n) is 8.42. The highest BCUT2D eigenvalue weighted by molar-refractivity contribution is 9.10. The van der Waals surface area contributed by atoms with Gasteiger partial charge in [-0.15, -0.1) is 0 Å². The van der Waals surface area contributed by atoms with Crippen molar-refractivity contribution in [1.29, 1.82) is 0 Å². The van der Waals surface area contributed by atoms with E-state index in [0.29, 0.717) is 15.9 Å². The summed E-state index contributed by atoms with van der Waals surface area (Å²) in [7, 11) is -3.13. The summed E-state index contributed by atoms with van der Waals surface area (Å²) in [5, 5.41) is 1.83. The van der Waals surface area contributed by atoms with Gasteiger partial charge in [0.25, 0.3) is 10.0 Å². The molecular formula is C26H24BrClF3N3O4S. The van der Waals surface area contributed by atoms with E-state index in [4.69, 9.17) is 11.6 Å². The molecule has 3 rings (SSSR count). The van der Waals surface area contributed by atoms with Crippen LogP contribution in [0.25, 0.3) is 0 Å². The molecule has 3 aromatic carbocycles. The van der Waals surface area contributed by atoms with Crippen LogP contribution in [0, 0.1) is 0 Å². The Morgan fingerprint density at radius 2 is 1.64 bits per heavy atom. The van der Waals surface area contributed by atoms with Crippen molar-refractivity contribution < 1.29 is 31.2 Å². The number of alkyl halides is 3. The van der Waals surface area contributed by atoms with Gasteiger partial charge in [-0.2, -0.15) is 13.2 Å². The van der Waals surface area contributed by atoms with Gasteiger partial charge in [0.1, 0.15) is 12.6 Å². The molecule has 0 aliphatic carbocycles. The second kappa shape index (κ2) is 12.4. The first-order valence-electron chi connectivity index (χ1n) is 11.5. The Kier molecular flexibility index (Phi) is 9.68. The number of hydrogen-bond acceptors (Lipinski definition) is 4. The molecule has 0 unspecified atom stereocenters. The minimum atomic E-state index is -4.87. The van der Waals surface area contributed by atoms with E-state index in [-0.39, 0.29) is 11.4 Å². The molecule has 3 aromatic rings. The highest BCUT2D eigenvalue weighted by Gasteiger charge is 2.36. The van der Waals surface area contributed by atoms with E-state index in [1.807, 2.05) is 0 Å². The van der Waals surface area contributed by atoms with Crippen LogP contribution in [0.3, 0.4) is 0 Å². The van der Waals surface area contributed by atoms with Crippen LogP contribution in [0.15, 0.2) is 82.2 Å². The lowest BCUT2D eigenvalue weighted by molar-refractivity contribution is -0.139. The minimum Gasteiger partial charge on any atom is -0.357 e. The van der Waals surface area contributed by atoms with Gasteiger partial charge >= 0.3 is 6.18 Å². The van der Waals surface area contributed by atoms with Gasteiger partial charge < -0.3 is 10.2 Å². The van der Waals surface area contributed by atoms with E-state index < -0.39 is 56.9 Å². The van der Waals surface area contributed by atoms with Crippen molar-refractivity contribution in [3.05, 3.63) is 93.4 Å². The Bertz CT molecular complexity index is 1440.